The zero-order valence-corrected chi connectivity index (χ0v) is 15.0. The van der Waals surface area contributed by atoms with Gasteiger partial charge in [0.15, 0.2) is 0 Å². The van der Waals surface area contributed by atoms with Crippen LogP contribution in [0.3, 0.4) is 0 Å². The van der Waals surface area contributed by atoms with Gasteiger partial charge in [-0.15, -0.1) is 0 Å². The maximum Gasteiger partial charge on any atom is 0.221 e. The van der Waals surface area contributed by atoms with Crippen molar-refractivity contribution in [1.29, 1.82) is 0 Å². The van der Waals surface area contributed by atoms with Gasteiger partial charge in [-0.1, -0.05) is 53.6 Å². The minimum Gasteiger partial charge on any atom is -0.495 e. The van der Waals surface area contributed by atoms with Gasteiger partial charge in [0, 0.05) is 24.2 Å². The largest absolute Gasteiger partial charge is 0.495 e. The van der Waals surface area contributed by atoms with Crippen LogP contribution < -0.4 is 14.8 Å². The first kappa shape index (κ1) is 18.2. The van der Waals surface area contributed by atoms with Crippen molar-refractivity contribution in [2.24, 2.45) is 0 Å². The lowest BCUT2D eigenvalue weighted by Gasteiger charge is -2.12. The molecule has 0 aromatic heterocycles. The van der Waals surface area contributed by atoms with E-state index in [1.807, 2.05) is 30.3 Å². The van der Waals surface area contributed by atoms with Crippen molar-refractivity contribution in [1.82, 2.24) is 0 Å². The van der Waals surface area contributed by atoms with Crippen LogP contribution in [0.2, 0.25) is 10.0 Å². The molecule has 0 saturated heterocycles. The summed E-state index contributed by atoms with van der Waals surface area (Å²) in [5.41, 5.74) is 2.09. The molecule has 0 spiro atoms. The quantitative estimate of drug-likeness (QED) is 0.746. The highest BCUT2D eigenvalue weighted by atomic mass is 35.5. The number of halogens is 2. The third kappa shape index (κ3) is 4.02. The van der Waals surface area contributed by atoms with Gasteiger partial charge in [-0.05, 0) is 11.6 Å². The second kappa shape index (κ2) is 8.08. The molecule has 2 aromatic rings. The van der Waals surface area contributed by atoms with Crippen LogP contribution in [-0.2, 0) is 4.79 Å². The van der Waals surface area contributed by atoms with Gasteiger partial charge >= 0.3 is 0 Å². The van der Waals surface area contributed by atoms with Crippen LogP contribution in [0.15, 0.2) is 30.3 Å². The van der Waals surface area contributed by atoms with Crippen molar-refractivity contribution in [3.63, 3.8) is 0 Å². The predicted octanol–water partition coefficient (Wildman–Crippen LogP) is 5.14. The van der Waals surface area contributed by atoms with Crippen molar-refractivity contribution in [3.05, 3.63) is 51.5 Å². The minimum absolute atomic E-state index is 0.144. The van der Waals surface area contributed by atoms with Crippen LogP contribution in [-0.4, -0.2) is 20.1 Å². The van der Waals surface area contributed by atoms with Crippen LogP contribution >= 0.6 is 23.2 Å². The van der Waals surface area contributed by atoms with Gasteiger partial charge < -0.3 is 14.8 Å². The molecular weight excluding hydrogens is 349 g/mol. The second-order valence-corrected chi connectivity index (χ2v) is 5.68. The number of anilines is 1. The first-order valence-electron chi connectivity index (χ1n) is 7.12. The molecule has 0 fully saturated rings. The topological polar surface area (TPSA) is 47.6 Å². The van der Waals surface area contributed by atoms with E-state index in [1.54, 1.807) is 12.1 Å². The summed E-state index contributed by atoms with van der Waals surface area (Å²) in [6, 6.07) is 9.04. The van der Waals surface area contributed by atoms with Crippen molar-refractivity contribution in [3.8, 4) is 11.5 Å². The fraction of sp³-hybridized carbons (Fsp3) is 0.167. The highest BCUT2D eigenvalue weighted by molar-refractivity contribution is 6.39. The van der Waals surface area contributed by atoms with Crippen molar-refractivity contribution < 1.29 is 14.3 Å². The summed E-state index contributed by atoms with van der Waals surface area (Å²) in [5, 5.41) is 3.55. The number of carbonyl (C=O) groups excluding carboxylic acids is 1. The number of hydrogen-bond donors (Lipinski definition) is 1. The van der Waals surface area contributed by atoms with E-state index >= 15 is 0 Å². The number of methoxy groups -OCH3 is 2. The molecule has 0 heterocycles. The third-order valence-electron chi connectivity index (χ3n) is 3.31. The minimum atomic E-state index is -0.144. The zero-order chi connectivity index (χ0) is 17.7. The lowest BCUT2D eigenvalue weighted by atomic mass is 10.1. The number of carbonyl (C=O) groups is 1. The average molecular weight is 366 g/mol. The number of hydrogen-bond acceptors (Lipinski definition) is 3. The third-order valence-corrected chi connectivity index (χ3v) is 4.09. The van der Waals surface area contributed by atoms with Crippen molar-refractivity contribution in [2.45, 2.75) is 6.92 Å². The molecule has 0 unspecified atom stereocenters. The average Bonchev–Trinajstić information content (AvgIpc) is 2.56. The van der Waals surface area contributed by atoms with Gasteiger partial charge in [-0.3, -0.25) is 4.79 Å². The molecule has 0 radical (unpaired) electrons. The van der Waals surface area contributed by atoms with Crippen LogP contribution in [0.4, 0.5) is 5.69 Å². The Kier molecular flexibility index (Phi) is 6.12. The summed E-state index contributed by atoms with van der Waals surface area (Å²) in [6.07, 6.45) is 3.58. The normalized spacial score (nSPS) is 10.7. The van der Waals surface area contributed by atoms with Crippen LogP contribution in [0, 0.1) is 0 Å². The number of amides is 1. The Balaban J connectivity index is 2.48. The smallest absolute Gasteiger partial charge is 0.221 e. The Hall–Kier alpha value is -2.17. The molecule has 2 rings (SSSR count). The molecule has 0 aliphatic rings. The Bertz CT molecular complexity index is 760. The maximum absolute atomic E-state index is 11.3. The van der Waals surface area contributed by atoms with E-state index < -0.39 is 0 Å². The van der Waals surface area contributed by atoms with E-state index in [0.717, 1.165) is 5.56 Å². The molecule has 0 aliphatic heterocycles. The molecule has 1 N–H and O–H groups in total. The van der Waals surface area contributed by atoms with Crippen molar-refractivity contribution in [2.75, 3.05) is 19.5 Å². The predicted molar refractivity (Wildman–Crippen MR) is 99.2 cm³/mol. The Morgan fingerprint density at radius 1 is 1.04 bits per heavy atom. The fourth-order valence-electron chi connectivity index (χ4n) is 2.17. The highest BCUT2D eigenvalue weighted by Crippen LogP contribution is 2.41. The summed E-state index contributed by atoms with van der Waals surface area (Å²) < 4.78 is 10.5. The molecule has 0 atom stereocenters. The molecule has 126 valence electrons. The van der Waals surface area contributed by atoms with E-state index in [-0.39, 0.29) is 5.91 Å². The van der Waals surface area contributed by atoms with Crippen LogP contribution in [0.25, 0.3) is 12.2 Å². The molecule has 0 bridgehead atoms. The first-order chi connectivity index (χ1) is 11.5. The molecule has 4 nitrogen and oxygen atoms in total. The Morgan fingerprint density at radius 2 is 1.62 bits per heavy atom. The molecule has 24 heavy (non-hydrogen) atoms. The van der Waals surface area contributed by atoms with Crippen molar-refractivity contribution >= 4 is 46.9 Å². The standard InChI is InChI=1S/C18H17Cl2NO3/c1-11(22)21-14-7-5-4-6-12(14)8-9-13-17(19)15(23-2)10-16(24-3)18(13)20/h4-10H,1-3H3,(H,21,22)/b9-8+. The SMILES string of the molecule is COc1cc(OC)c(Cl)c(/C=C/c2ccccc2NC(C)=O)c1Cl. The highest BCUT2D eigenvalue weighted by Gasteiger charge is 2.15. The molecular formula is C18H17Cl2NO3. The van der Waals surface area contributed by atoms with Gasteiger partial charge in [-0.2, -0.15) is 0 Å². The van der Waals surface area contributed by atoms with E-state index in [0.29, 0.717) is 32.8 Å². The van der Waals surface area contributed by atoms with E-state index in [1.165, 1.54) is 21.1 Å². The summed E-state index contributed by atoms with van der Waals surface area (Å²) in [6.45, 7) is 1.46. The van der Waals surface area contributed by atoms with E-state index in [9.17, 15) is 4.79 Å². The van der Waals surface area contributed by atoms with Gasteiger partial charge in [0.25, 0.3) is 0 Å². The summed E-state index contributed by atoms with van der Waals surface area (Å²) in [4.78, 5) is 11.3. The molecule has 2 aromatic carbocycles. The monoisotopic (exact) mass is 365 g/mol. The Morgan fingerprint density at radius 3 is 2.17 bits per heavy atom. The van der Waals surface area contributed by atoms with E-state index in [4.69, 9.17) is 32.7 Å². The van der Waals surface area contributed by atoms with Crippen LogP contribution in [0.1, 0.15) is 18.1 Å². The maximum atomic E-state index is 11.3. The fourth-order valence-corrected chi connectivity index (χ4v) is 2.80. The number of benzene rings is 2. The lowest BCUT2D eigenvalue weighted by Crippen LogP contribution is -2.06. The van der Waals surface area contributed by atoms with Gasteiger partial charge in [0.1, 0.15) is 11.5 Å². The molecule has 0 saturated carbocycles. The summed E-state index contributed by atoms with van der Waals surface area (Å²) >= 11 is 12.7. The summed E-state index contributed by atoms with van der Waals surface area (Å²) in [7, 11) is 3.04. The van der Waals surface area contributed by atoms with Gasteiger partial charge in [0.05, 0.1) is 24.3 Å². The van der Waals surface area contributed by atoms with Crippen LogP contribution in [0.5, 0.6) is 11.5 Å². The van der Waals surface area contributed by atoms with Gasteiger partial charge in [0.2, 0.25) is 5.91 Å². The molecule has 0 aliphatic carbocycles. The second-order valence-electron chi connectivity index (χ2n) is 4.92. The number of para-hydroxylation sites is 1. The number of rotatable bonds is 5. The summed E-state index contributed by atoms with van der Waals surface area (Å²) in [5.74, 6) is 0.787. The first-order valence-corrected chi connectivity index (χ1v) is 7.88. The van der Waals surface area contributed by atoms with E-state index in [2.05, 4.69) is 5.32 Å². The lowest BCUT2D eigenvalue weighted by molar-refractivity contribution is -0.114. The Labute approximate surface area is 151 Å². The molecule has 1 amide bonds. The van der Waals surface area contributed by atoms with Gasteiger partial charge in [-0.25, -0.2) is 0 Å². The zero-order valence-electron chi connectivity index (χ0n) is 13.5. The number of ether oxygens (including phenoxy) is 2. The number of nitrogens with one attached hydrogen (secondary N) is 1. The molecule has 6 heteroatoms.